The molecule has 0 saturated heterocycles. The van der Waals surface area contributed by atoms with Gasteiger partial charge in [0.25, 0.3) is 0 Å². The summed E-state index contributed by atoms with van der Waals surface area (Å²) in [5.74, 6) is 0.960. The Morgan fingerprint density at radius 2 is 1.83 bits per heavy atom. The topological polar surface area (TPSA) is 74.8 Å². The van der Waals surface area contributed by atoms with Gasteiger partial charge in [0.2, 0.25) is 5.91 Å². The molecule has 0 unspecified atom stereocenters. The normalized spacial score (nSPS) is 10.7. The minimum absolute atomic E-state index is 0. The molecular weight excluding hydrogens is 486 g/mol. The summed E-state index contributed by atoms with van der Waals surface area (Å²) in [4.78, 5) is 16.1. The number of nitrogens with one attached hydrogen (secondary N) is 3. The van der Waals surface area contributed by atoms with Crippen molar-refractivity contribution in [2.75, 3.05) is 27.2 Å². The van der Waals surface area contributed by atoms with E-state index in [-0.39, 0.29) is 42.2 Å². The minimum Gasteiger partial charge on any atom is -0.497 e. The van der Waals surface area contributed by atoms with Crippen LogP contribution in [0.5, 0.6) is 5.75 Å². The fourth-order valence-corrected chi connectivity index (χ4v) is 2.65. The van der Waals surface area contributed by atoms with Crippen LogP contribution in [0.2, 0.25) is 0 Å². The molecule has 0 atom stereocenters. The number of guanidine groups is 1. The predicted octanol–water partition coefficient (Wildman–Crippen LogP) is 2.78. The molecule has 1 amide bonds. The van der Waals surface area contributed by atoms with Gasteiger partial charge in [-0.25, -0.2) is 4.39 Å². The molecule has 0 aliphatic rings. The van der Waals surface area contributed by atoms with Crippen LogP contribution in [0.4, 0.5) is 4.39 Å². The Morgan fingerprint density at radius 3 is 2.45 bits per heavy atom. The number of rotatable bonds is 8. The fourth-order valence-electron chi connectivity index (χ4n) is 2.65. The van der Waals surface area contributed by atoms with Crippen molar-refractivity contribution in [2.24, 2.45) is 4.99 Å². The van der Waals surface area contributed by atoms with Crippen molar-refractivity contribution in [3.8, 4) is 5.75 Å². The number of nitrogens with zero attached hydrogens (tertiary/aromatic N) is 1. The molecule has 0 saturated carbocycles. The smallest absolute Gasteiger partial charge is 0.239 e. The van der Waals surface area contributed by atoms with E-state index in [9.17, 15) is 9.18 Å². The highest BCUT2D eigenvalue weighted by Crippen LogP contribution is 2.11. The number of carbonyl (C=O) groups is 1. The first-order valence-corrected chi connectivity index (χ1v) is 9.11. The number of aryl methyl sites for hydroxylation is 1. The Balaban J connectivity index is 0.00000420. The lowest BCUT2D eigenvalue weighted by molar-refractivity contribution is -0.120. The zero-order valence-electron chi connectivity index (χ0n) is 16.9. The zero-order chi connectivity index (χ0) is 20.4. The maximum atomic E-state index is 13.1. The van der Waals surface area contributed by atoms with E-state index in [1.807, 2.05) is 31.2 Å². The maximum Gasteiger partial charge on any atom is 0.239 e. The lowest BCUT2D eigenvalue weighted by Gasteiger charge is -2.13. The van der Waals surface area contributed by atoms with Gasteiger partial charge in [-0.3, -0.25) is 9.79 Å². The summed E-state index contributed by atoms with van der Waals surface area (Å²) in [5.41, 5.74) is 2.98. The SMILES string of the molecule is CN=C(NCCc1ccc(F)cc1C)NCC(=O)NCc1ccc(OC)cc1.I. The van der Waals surface area contributed by atoms with Crippen molar-refractivity contribution in [1.29, 1.82) is 0 Å². The van der Waals surface area contributed by atoms with Gasteiger partial charge < -0.3 is 20.7 Å². The summed E-state index contributed by atoms with van der Waals surface area (Å²) in [6, 6.07) is 12.3. The van der Waals surface area contributed by atoms with Crippen molar-refractivity contribution in [3.05, 3.63) is 65.0 Å². The lowest BCUT2D eigenvalue weighted by Crippen LogP contribution is -2.43. The van der Waals surface area contributed by atoms with Gasteiger partial charge in [0, 0.05) is 20.1 Å². The van der Waals surface area contributed by atoms with Crippen molar-refractivity contribution >= 4 is 35.8 Å². The number of carbonyl (C=O) groups excluding carboxylic acids is 1. The van der Waals surface area contributed by atoms with Gasteiger partial charge >= 0.3 is 0 Å². The molecule has 3 N–H and O–H groups in total. The highest BCUT2D eigenvalue weighted by Gasteiger charge is 2.05. The van der Waals surface area contributed by atoms with Crippen LogP contribution in [0.3, 0.4) is 0 Å². The average Bonchev–Trinajstić information content (AvgIpc) is 2.70. The highest BCUT2D eigenvalue weighted by atomic mass is 127. The molecule has 8 heteroatoms. The lowest BCUT2D eigenvalue weighted by atomic mass is 10.1. The molecule has 6 nitrogen and oxygen atoms in total. The van der Waals surface area contributed by atoms with Gasteiger partial charge in [0.05, 0.1) is 13.7 Å². The minimum atomic E-state index is -0.229. The Hall–Kier alpha value is -2.36. The van der Waals surface area contributed by atoms with Gasteiger partial charge in [-0.15, -0.1) is 24.0 Å². The predicted molar refractivity (Wildman–Crippen MR) is 124 cm³/mol. The van der Waals surface area contributed by atoms with E-state index in [0.717, 1.165) is 28.9 Å². The number of halogens is 2. The average molecular weight is 514 g/mol. The van der Waals surface area contributed by atoms with Gasteiger partial charge in [-0.2, -0.15) is 0 Å². The molecule has 2 aromatic rings. The summed E-state index contributed by atoms with van der Waals surface area (Å²) >= 11 is 0. The summed E-state index contributed by atoms with van der Waals surface area (Å²) in [6.07, 6.45) is 0.733. The summed E-state index contributed by atoms with van der Waals surface area (Å²) in [6.45, 7) is 3.07. The Bertz CT molecular complexity index is 813. The van der Waals surface area contributed by atoms with Crippen molar-refractivity contribution in [3.63, 3.8) is 0 Å². The summed E-state index contributed by atoms with van der Waals surface area (Å²) in [5, 5.41) is 8.98. The molecule has 0 fully saturated rings. The van der Waals surface area contributed by atoms with E-state index in [2.05, 4.69) is 20.9 Å². The number of hydrogen-bond acceptors (Lipinski definition) is 3. The molecule has 0 heterocycles. The number of benzene rings is 2. The van der Waals surface area contributed by atoms with E-state index >= 15 is 0 Å². The molecule has 0 spiro atoms. The monoisotopic (exact) mass is 514 g/mol. The molecule has 0 radical (unpaired) electrons. The number of methoxy groups -OCH3 is 1. The van der Waals surface area contributed by atoms with E-state index in [0.29, 0.717) is 19.0 Å². The second kappa shape index (κ2) is 13.0. The van der Waals surface area contributed by atoms with E-state index in [1.165, 1.54) is 12.1 Å². The van der Waals surface area contributed by atoms with E-state index < -0.39 is 0 Å². The fraction of sp³-hybridized carbons (Fsp3) is 0.333. The summed E-state index contributed by atoms with van der Waals surface area (Å²) < 4.78 is 18.3. The molecule has 2 rings (SSSR count). The molecule has 0 aliphatic heterocycles. The van der Waals surface area contributed by atoms with Gasteiger partial charge in [-0.1, -0.05) is 18.2 Å². The first-order chi connectivity index (χ1) is 13.5. The van der Waals surface area contributed by atoms with Gasteiger partial charge in [-0.05, 0) is 54.3 Å². The maximum absolute atomic E-state index is 13.1. The van der Waals surface area contributed by atoms with Gasteiger partial charge in [0.1, 0.15) is 11.6 Å². The van der Waals surface area contributed by atoms with E-state index in [4.69, 9.17) is 4.74 Å². The third kappa shape index (κ3) is 8.68. The largest absolute Gasteiger partial charge is 0.497 e. The molecule has 29 heavy (non-hydrogen) atoms. The first-order valence-electron chi connectivity index (χ1n) is 9.11. The molecule has 0 bridgehead atoms. The number of hydrogen-bond donors (Lipinski definition) is 3. The summed E-state index contributed by atoms with van der Waals surface area (Å²) in [7, 11) is 3.26. The zero-order valence-corrected chi connectivity index (χ0v) is 19.3. The Morgan fingerprint density at radius 1 is 1.10 bits per heavy atom. The highest BCUT2D eigenvalue weighted by molar-refractivity contribution is 14.0. The van der Waals surface area contributed by atoms with Crippen molar-refractivity contribution in [2.45, 2.75) is 19.9 Å². The van der Waals surface area contributed by atoms with Crippen LogP contribution in [0, 0.1) is 12.7 Å². The standard InChI is InChI=1S/C21H27FN4O2.HI/c1-15-12-18(22)7-6-17(15)10-11-24-21(23-2)26-14-20(27)25-13-16-4-8-19(28-3)9-5-16;/h4-9,12H,10-11,13-14H2,1-3H3,(H,25,27)(H2,23,24,26);1H. The molecule has 2 aromatic carbocycles. The Kier molecular flexibility index (Phi) is 11.0. The molecule has 0 aromatic heterocycles. The van der Waals surface area contributed by atoms with Crippen LogP contribution < -0.4 is 20.7 Å². The third-order valence-corrected chi connectivity index (χ3v) is 4.28. The quantitative estimate of drug-likeness (QED) is 0.288. The number of amides is 1. The second-order valence-electron chi connectivity index (χ2n) is 6.30. The van der Waals surface area contributed by atoms with E-state index in [1.54, 1.807) is 20.2 Å². The van der Waals surface area contributed by atoms with Gasteiger partial charge in [0.15, 0.2) is 5.96 Å². The van der Waals surface area contributed by atoms with Crippen LogP contribution in [0.1, 0.15) is 16.7 Å². The van der Waals surface area contributed by atoms with Crippen LogP contribution in [-0.4, -0.2) is 39.1 Å². The molecule has 158 valence electrons. The second-order valence-corrected chi connectivity index (χ2v) is 6.30. The number of aliphatic imine (C=N–C) groups is 1. The van der Waals surface area contributed by atoms with Crippen molar-refractivity contribution in [1.82, 2.24) is 16.0 Å². The van der Waals surface area contributed by atoms with Crippen LogP contribution >= 0.6 is 24.0 Å². The first kappa shape index (κ1) is 24.7. The molecular formula is C21H28FIN4O2. The number of ether oxygens (including phenoxy) is 1. The van der Waals surface area contributed by atoms with Crippen LogP contribution in [0.15, 0.2) is 47.5 Å². The van der Waals surface area contributed by atoms with Crippen LogP contribution in [0.25, 0.3) is 0 Å². The molecule has 0 aliphatic carbocycles. The van der Waals surface area contributed by atoms with Crippen molar-refractivity contribution < 1.29 is 13.9 Å². The van der Waals surface area contributed by atoms with Crippen LogP contribution in [-0.2, 0) is 17.8 Å². The third-order valence-electron chi connectivity index (χ3n) is 4.28. The Labute approximate surface area is 188 Å².